The predicted molar refractivity (Wildman–Crippen MR) is 107 cm³/mol. The molecule has 2 N–H and O–H groups in total. The van der Waals surface area contributed by atoms with E-state index in [1.54, 1.807) is 17.0 Å². The van der Waals surface area contributed by atoms with Gasteiger partial charge in [0.05, 0.1) is 4.34 Å². The van der Waals surface area contributed by atoms with E-state index in [0.29, 0.717) is 31.0 Å². The fourth-order valence-electron chi connectivity index (χ4n) is 3.69. The topological polar surface area (TPSA) is 61.4 Å². The first-order valence-corrected chi connectivity index (χ1v) is 10.4. The van der Waals surface area contributed by atoms with Crippen LogP contribution in [-0.4, -0.2) is 41.4 Å². The van der Waals surface area contributed by atoms with Gasteiger partial charge in [0.1, 0.15) is 12.1 Å². The number of nitrogens with one attached hydrogen (secondary N) is 2. The summed E-state index contributed by atoms with van der Waals surface area (Å²) < 4.78 is 0.759. The molecule has 4 rings (SSSR count). The number of hydrogen-bond acceptors (Lipinski definition) is 4. The fourth-order valence-corrected chi connectivity index (χ4v) is 4.86. The molecule has 2 aliphatic heterocycles. The lowest BCUT2D eigenvalue weighted by molar-refractivity contribution is -0.147. The van der Waals surface area contributed by atoms with Crippen LogP contribution in [0.5, 0.6) is 0 Å². The molecule has 2 aliphatic rings. The Morgan fingerprint density at radius 3 is 2.63 bits per heavy atom. The maximum absolute atomic E-state index is 12.9. The summed E-state index contributed by atoms with van der Waals surface area (Å²) in [6.45, 7) is 1.24. The number of halogens is 2. The van der Waals surface area contributed by atoms with E-state index in [9.17, 15) is 9.59 Å². The molecule has 0 radical (unpaired) electrons. The van der Waals surface area contributed by atoms with Gasteiger partial charge in [-0.05, 0) is 36.2 Å². The highest BCUT2D eigenvalue weighted by Gasteiger charge is 2.46. The SMILES string of the molecule is O=C1N[C@@H](Cc2ccc(Cl)cc2)C(=O)N2C[C@@H](NCc3ccc(Cl)s3)C[C@@H]12. The van der Waals surface area contributed by atoms with Crippen LogP contribution in [0.3, 0.4) is 0 Å². The van der Waals surface area contributed by atoms with Gasteiger partial charge in [-0.3, -0.25) is 9.59 Å². The monoisotopic (exact) mass is 423 g/mol. The molecule has 0 unspecified atom stereocenters. The van der Waals surface area contributed by atoms with Crippen molar-refractivity contribution in [2.75, 3.05) is 6.54 Å². The van der Waals surface area contributed by atoms with Crippen LogP contribution in [-0.2, 0) is 22.6 Å². The Balaban J connectivity index is 1.39. The van der Waals surface area contributed by atoms with E-state index in [4.69, 9.17) is 23.2 Å². The normalized spacial score (nSPS) is 24.8. The van der Waals surface area contributed by atoms with Crippen LogP contribution in [0, 0.1) is 0 Å². The standard InChI is InChI=1S/C19H19Cl2N3O2S/c20-12-3-1-11(2-4-12)7-15-19(26)24-10-13(8-16(24)18(25)23-15)22-9-14-5-6-17(21)27-14/h1-6,13,15-16,22H,7-10H2,(H,23,25)/t13-,15-,16-/m0/s1. The smallest absolute Gasteiger partial charge is 0.246 e. The zero-order valence-electron chi connectivity index (χ0n) is 14.5. The Morgan fingerprint density at radius 2 is 1.93 bits per heavy atom. The van der Waals surface area contributed by atoms with Crippen LogP contribution < -0.4 is 10.6 Å². The maximum atomic E-state index is 12.9. The van der Waals surface area contributed by atoms with Crippen molar-refractivity contribution in [3.05, 3.63) is 56.2 Å². The average Bonchev–Trinajstić information content (AvgIpc) is 3.26. The summed E-state index contributed by atoms with van der Waals surface area (Å²) in [5.41, 5.74) is 0.972. The Bertz CT molecular complexity index is 855. The van der Waals surface area contributed by atoms with Crippen molar-refractivity contribution in [2.45, 2.75) is 37.5 Å². The van der Waals surface area contributed by atoms with E-state index in [1.807, 2.05) is 24.3 Å². The third-order valence-corrected chi connectivity index (χ3v) is 6.53. The lowest BCUT2D eigenvalue weighted by Gasteiger charge is -2.34. The third kappa shape index (κ3) is 4.14. The molecule has 0 saturated carbocycles. The molecule has 2 saturated heterocycles. The van der Waals surface area contributed by atoms with E-state index in [1.165, 1.54) is 11.3 Å². The number of thiophene rings is 1. The van der Waals surface area contributed by atoms with Gasteiger partial charge >= 0.3 is 0 Å². The minimum Gasteiger partial charge on any atom is -0.342 e. The summed E-state index contributed by atoms with van der Waals surface area (Å²) in [6.07, 6.45) is 1.10. The van der Waals surface area contributed by atoms with Crippen molar-refractivity contribution in [1.82, 2.24) is 15.5 Å². The first-order valence-electron chi connectivity index (χ1n) is 8.82. The van der Waals surface area contributed by atoms with E-state index in [2.05, 4.69) is 10.6 Å². The number of hydrogen-bond donors (Lipinski definition) is 2. The van der Waals surface area contributed by atoms with Crippen LogP contribution in [0.2, 0.25) is 9.36 Å². The molecule has 2 aromatic rings. The quantitative estimate of drug-likeness (QED) is 0.776. The Morgan fingerprint density at radius 1 is 1.15 bits per heavy atom. The summed E-state index contributed by atoms with van der Waals surface area (Å²) in [5, 5.41) is 6.99. The molecule has 0 aliphatic carbocycles. The molecule has 1 aromatic heterocycles. The van der Waals surface area contributed by atoms with Gasteiger partial charge in [0, 0.05) is 35.5 Å². The van der Waals surface area contributed by atoms with Gasteiger partial charge in [0.15, 0.2) is 0 Å². The van der Waals surface area contributed by atoms with Crippen molar-refractivity contribution in [3.8, 4) is 0 Å². The summed E-state index contributed by atoms with van der Waals surface area (Å²) in [6, 6.07) is 10.4. The Kier molecular flexibility index (Phi) is 5.41. The molecular weight excluding hydrogens is 405 g/mol. The van der Waals surface area contributed by atoms with Gasteiger partial charge in [-0.25, -0.2) is 0 Å². The molecule has 27 heavy (non-hydrogen) atoms. The van der Waals surface area contributed by atoms with E-state index in [-0.39, 0.29) is 23.9 Å². The largest absolute Gasteiger partial charge is 0.342 e. The van der Waals surface area contributed by atoms with Gasteiger partial charge in [-0.15, -0.1) is 11.3 Å². The fraction of sp³-hybridized carbons (Fsp3) is 0.368. The molecule has 8 heteroatoms. The first-order chi connectivity index (χ1) is 13.0. The zero-order chi connectivity index (χ0) is 19.0. The highest BCUT2D eigenvalue weighted by atomic mass is 35.5. The summed E-state index contributed by atoms with van der Waals surface area (Å²) >= 11 is 13.4. The molecule has 0 bridgehead atoms. The van der Waals surface area contributed by atoms with Crippen molar-refractivity contribution in [3.63, 3.8) is 0 Å². The lowest BCUT2D eigenvalue weighted by Crippen LogP contribution is -2.61. The van der Waals surface area contributed by atoms with Crippen LogP contribution in [0.25, 0.3) is 0 Å². The number of rotatable bonds is 5. The second-order valence-electron chi connectivity index (χ2n) is 6.92. The third-order valence-electron chi connectivity index (χ3n) is 5.05. The number of carbonyl (C=O) groups is 2. The molecule has 1 aromatic carbocycles. The van der Waals surface area contributed by atoms with Crippen LogP contribution in [0.4, 0.5) is 0 Å². The Labute approximate surface area is 171 Å². The lowest BCUT2D eigenvalue weighted by atomic mass is 10.0. The number of amides is 2. The summed E-state index contributed by atoms with van der Waals surface area (Å²) in [7, 11) is 0. The van der Waals surface area contributed by atoms with E-state index >= 15 is 0 Å². The Hall–Kier alpha value is -1.60. The number of nitrogens with zero attached hydrogens (tertiary/aromatic N) is 1. The maximum Gasteiger partial charge on any atom is 0.246 e. The number of piperazine rings is 1. The number of fused-ring (bicyclic) bond motifs is 1. The van der Waals surface area contributed by atoms with Crippen molar-refractivity contribution >= 4 is 46.4 Å². The molecule has 0 spiro atoms. The molecule has 2 amide bonds. The van der Waals surface area contributed by atoms with Crippen molar-refractivity contribution in [1.29, 1.82) is 0 Å². The second-order valence-corrected chi connectivity index (χ2v) is 9.15. The predicted octanol–water partition coefficient (Wildman–Crippen LogP) is 2.86. The van der Waals surface area contributed by atoms with Crippen molar-refractivity contribution in [2.24, 2.45) is 0 Å². The molecule has 2 fully saturated rings. The highest BCUT2D eigenvalue weighted by Crippen LogP contribution is 2.26. The average molecular weight is 424 g/mol. The number of benzene rings is 1. The van der Waals surface area contributed by atoms with Gasteiger partial charge in [0.2, 0.25) is 11.8 Å². The van der Waals surface area contributed by atoms with Crippen molar-refractivity contribution < 1.29 is 9.59 Å². The van der Waals surface area contributed by atoms with Gasteiger partial charge < -0.3 is 15.5 Å². The van der Waals surface area contributed by atoms with Gasteiger partial charge in [-0.1, -0.05) is 35.3 Å². The van der Waals surface area contributed by atoms with Crippen LogP contribution >= 0.6 is 34.5 Å². The van der Waals surface area contributed by atoms with Crippen LogP contribution in [0.15, 0.2) is 36.4 Å². The van der Waals surface area contributed by atoms with Crippen LogP contribution in [0.1, 0.15) is 16.9 Å². The summed E-state index contributed by atoms with van der Waals surface area (Å²) in [5.74, 6) is -0.0879. The molecule has 3 heterocycles. The second kappa shape index (κ2) is 7.80. The minimum atomic E-state index is -0.523. The zero-order valence-corrected chi connectivity index (χ0v) is 16.8. The molecule has 142 valence electrons. The van der Waals surface area contributed by atoms with E-state index < -0.39 is 6.04 Å². The molecular formula is C19H19Cl2N3O2S. The highest BCUT2D eigenvalue weighted by molar-refractivity contribution is 7.16. The van der Waals surface area contributed by atoms with Gasteiger partial charge in [-0.2, -0.15) is 0 Å². The molecule has 3 atom stereocenters. The number of carbonyl (C=O) groups excluding carboxylic acids is 2. The van der Waals surface area contributed by atoms with E-state index in [0.717, 1.165) is 14.8 Å². The first kappa shape index (κ1) is 18.7. The minimum absolute atomic E-state index is 0.0157. The summed E-state index contributed by atoms with van der Waals surface area (Å²) in [4.78, 5) is 28.3. The van der Waals surface area contributed by atoms with Gasteiger partial charge in [0.25, 0.3) is 0 Å². The molecule has 5 nitrogen and oxygen atoms in total.